The maximum absolute atomic E-state index is 12.5. The molecule has 0 radical (unpaired) electrons. The van der Waals surface area contributed by atoms with Crippen LogP contribution in [0.1, 0.15) is 41.9 Å². The van der Waals surface area contributed by atoms with Crippen molar-refractivity contribution in [2.75, 3.05) is 14.2 Å². The first kappa shape index (κ1) is 18.8. The number of nitrogens with one attached hydrogen (secondary N) is 1. The van der Waals surface area contributed by atoms with Crippen molar-refractivity contribution in [3.05, 3.63) is 40.7 Å². The van der Waals surface area contributed by atoms with Crippen molar-refractivity contribution >= 4 is 5.91 Å². The number of rotatable bonds is 7. The number of hydrogen-bond acceptors (Lipinski definition) is 4. The van der Waals surface area contributed by atoms with Crippen LogP contribution in [0.3, 0.4) is 0 Å². The number of benzene rings is 1. The molecule has 0 unspecified atom stereocenters. The summed E-state index contributed by atoms with van der Waals surface area (Å²) < 4.78 is 12.4. The zero-order valence-electron chi connectivity index (χ0n) is 15.8. The number of ether oxygens (including phenoxy) is 2. The van der Waals surface area contributed by atoms with Crippen molar-refractivity contribution in [2.45, 2.75) is 46.7 Å². The monoisotopic (exact) mass is 345 g/mol. The number of aromatic nitrogens is 2. The lowest BCUT2D eigenvalue weighted by Gasteiger charge is -2.19. The number of methoxy groups -OCH3 is 2. The Bertz CT molecular complexity index is 753. The Hall–Kier alpha value is -2.50. The molecular weight excluding hydrogens is 318 g/mol. The number of hydrogen-bond donors (Lipinski definition) is 1. The third kappa shape index (κ3) is 4.13. The third-order valence-corrected chi connectivity index (χ3v) is 4.59. The first-order chi connectivity index (χ1) is 11.9. The van der Waals surface area contributed by atoms with Gasteiger partial charge in [0.15, 0.2) is 11.5 Å². The van der Waals surface area contributed by atoms with Gasteiger partial charge in [0.2, 0.25) is 5.91 Å². The number of amides is 1. The van der Waals surface area contributed by atoms with E-state index in [2.05, 4.69) is 10.4 Å². The minimum atomic E-state index is -0.0923. The molecule has 0 fully saturated rings. The molecule has 1 heterocycles. The van der Waals surface area contributed by atoms with Gasteiger partial charge in [-0.15, -0.1) is 0 Å². The van der Waals surface area contributed by atoms with Crippen molar-refractivity contribution in [1.29, 1.82) is 0 Å². The Labute approximate surface area is 149 Å². The normalized spacial score (nSPS) is 11.9. The predicted octanol–water partition coefficient (Wildman–Crippen LogP) is 3.09. The molecule has 25 heavy (non-hydrogen) atoms. The van der Waals surface area contributed by atoms with Gasteiger partial charge >= 0.3 is 0 Å². The van der Waals surface area contributed by atoms with Crippen LogP contribution in [0.4, 0.5) is 0 Å². The molecule has 0 bridgehead atoms. The Morgan fingerprint density at radius 2 is 1.88 bits per heavy atom. The molecule has 1 N–H and O–H groups in total. The van der Waals surface area contributed by atoms with E-state index in [-0.39, 0.29) is 18.5 Å². The van der Waals surface area contributed by atoms with Crippen LogP contribution in [0, 0.1) is 20.8 Å². The molecule has 1 atom stereocenters. The van der Waals surface area contributed by atoms with Gasteiger partial charge in [-0.2, -0.15) is 5.10 Å². The van der Waals surface area contributed by atoms with E-state index in [1.165, 1.54) is 0 Å². The number of aryl methyl sites for hydroxylation is 1. The molecule has 6 heteroatoms. The molecule has 0 aliphatic carbocycles. The third-order valence-electron chi connectivity index (χ3n) is 4.59. The molecule has 2 rings (SSSR count). The van der Waals surface area contributed by atoms with E-state index in [0.717, 1.165) is 28.9 Å². The van der Waals surface area contributed by atoms with Crippen LogP contribution < -0.4 is 14.8 Å². The fourth-order valence-electron chi connectivity index (χ4n) is 2.81. The van der Waals surface area contributed by atoms with Gasteiger partial charge in [-0.3, -0.25) is 9.48 Å². The SMILES string of the molecule is CC[C@@H](NC(=O)Cn1nc(C)c(C)c1C)c1ccc(OC)c(OC)c1. The van der Waals surface area contributed by atoms with Crippen molar-refractivity contribution in [3.63, 3.8) is 0 Å². The van der Waals surface area contributed by atoms with Gasteiger partial charge in [0.05, 0.1) is 26.0 Å². The number of nitrogens with zero attached hydrogens (tertiary/aromatic N) is 2. The summed E-state index contributed by atoms with van der Waals surface area (Å²) in [7, 11) is 3.21. The summed E-state index contributed by atoms with van der Waals surface area (Å²) in [5.74, 6) is 1.26. The average Bonchev–Trinajstić information content (AvgIpc) is 2.85. The van der Waals surface area contributed by atoms with Crippen LogP contribution in [0.25, 0.3) is 0 Å². The van der Waals surface area contributed by atoms with E-state index in [1.807, 2.05) is 45.9 Å². The van der Waals surface area contributed by atoms with E-state index >= 15 is 0 Å². The summed E-state index contributed by atoms with van der Waals surface area (Å²) in [6.45, 7) is 8.20. The highest BCUT2D eigenvalue weighted by Crippen LogP contribution is 2.30. The Kier molecular flexibility index (Phi) is 6.07. The highest BCUT2D eigenvalue weighted by Gasteiger charge is 2.17. The van der Waals surface area contributed by atoms with E-state index in [9.17, 15) is 4.79 Å². The first-order valence-electron chi connectivity index (χ1n) is 8.43. The number of carbonyl (C=O) groups excluding carboxylic acids is 1. The Balaban J connectivity index is 2.13. The van der Waals surface area contributed by atoms with Gasteiger partial charge in [0.25, 0.3) is 0 Å². The van der Waals surface area contributed by atoms with E-state index in [4.69, 9.17) is 9.47 Å². The fourth-order valence-corrected chi connectivity index (χ4v) is 2.81. The zero-order valence-corrected chi connectivity index (χ0v) is 15.8. The van der Waals surface area contributed by atoms with Crippen LogP contribution in [-0.4, -0.2) is 29.9 Å². The summed E-state index contributed by atoms with van der Waals surface area (Å²) in [4.78, 5) is 12.5. The summed E-state index contributed by atoms with van der Waals surface area (Å²) in [5, 5.41) is 7.51. The van der Waals surface area contributed by atoms with Gasteiger partial charge in [-0.1, -0.05) is 13.0 Å². The van der Waals surface area contributed by atoms with Gasteiger partial charge < -0.3 is 14.8 Å². The molecule has 0 saturated heterocycles. The molecule has 1 amide bonds. The van der Waals surface area contributed by atoms with Crippen LogP contribution in [0.15, 0.2) is 18.2 Å². The van der Waals surface area contributed by atoms with Crippen LogP contribution in [-0.2, 0) is 11.3 Å². The summed E-state index contributed by atoms with van der Waals surface area (Å²) in [6.07, 6.45) is 0.775. The minimum Gasteiger partial charge on any atom is -0.493 e. The molecular formula is C19H27N3O3. The summed E-state index contributed by atoms with van der Waals surface area (Å²) in [5.41, 5.74) is 4.09. The summed E-state index contributed by atoms with van der Waals surface area (Å²) in [6, 6.07) is 5.61. The second-order valence-electron chi connectivity index (χ2n) is 6.10. The second kappa shape index (κ2) is 8.05. The van der Waals surface area contributed by atoms with Gasteiger partial charge in [-0.25, -0.2) is 0 Å². The molecule has 0 saturated carbocycles. The molecule has 136 valence electrons. The highest BCUT2D eigenvalue weighted by molar-refractivity contribution is 5.76. The van der Waals surface area contributed by atoms with Crippen molar-refractivity contribution in [3.8, 4) is 11.5 Å². The first-order valence-corrected chi connectivity index (χ1v) is 8.43. The highest BCUT2D eigenvalue weighted by atomic mass is 16.5. The maximum Gasteiger partial charge on any atom is 0.242 e. The van der Waals surface area contributed by atoms with Gasteiger partial charge in [0.1, 0.15) is 6.54 Å². The molecule has 0 aliphatic rings. The fraction of sp³-hybridized carbons (Fsp3) is 0.474. The Morgan fingerprint density at radius 3 is 2.40 bits per heavy atom. The topological polar surface area (TPSA) is 65.4 Å². The standard InChI is InChI=1S/C19H27N3O3/c1-7-16(15-8-9-17(24-5)18(10-15)25-6)20-19(23)11-22-14(4)12(2)13(3)21-22/h8-10,16H,7,11H2,1-6H3,(H,20,23)/t16-/m1/s1. The van der Waals surface area contributed by atoms with E-state index in [0.29, 0.717) is 11.5 Å². The lowest BCUT2D eigenvalue weighted by Crippen LogP contribution is -2.32. The predicted molar refractivity (Wildman–Crippen MR) is 97.2 cm³/mol. The van der Waals surface area contributed by atoms with Crippen molar-refractivity contribution < 1.29 is 14.3 Å². The summed E-state index contributed by atoms with van der Waals surface area (Å²) >= 11 is 0. The van der Waals surface area contributed by atoms with Crippen LogP contribution >= 0.6 is 0 Å². The molecule has 1 aromatic heterocycles. The average molecular weight is 345 g/mol. The zero-order chi connectivity index (χ0) is 18.6. The van der Waals surface area contributed by atoms with Crippen molar-refractivity contribution in [2.24, 2.45) is 0 Å². The second-order valence-corrected chi connectivity index (χ2v) is 6.10. The lowest BCUT2D eigenvalue weighted by molar-refractivity contribution is -0.122. The van der Waals surface area contributed by atoms with E-state index < -0.39 is 0 Å². The molecule has 1 aromatic carbocycles. The minimum absolute atomic E-state index is 0.0627. The van der Waals surface area contributed by atoms with Crippen LogP contribution in [0.5, 0.6) is 11.5 Å². The van der Waals surface area contributed by atoms with Crippen molar-refractivity contribution in [1.82, 2.24) is 15.1 Å². The van der Waals surface area contributed by atoms with E-state index in [1.54, 1.807) is 18.9 Å². The smallest absolute Gasteiger partial charge is 0.242 e. The van der Waals surface area contributed by atoms with Gasteiger partial charge in [0, 0.05) is 5.69 Å². The molecule has 0 aliphatic heterocycles. The van der Waals surface area contributed by atoms with Crippen LogP contribution in [0.2, 0.25) is 0 Å². The molecule has 6 nitrogen and oxygen atoms in total. The maximum atomic E-state index is 12.5. The number of carbonyl (C=O) groups is 1. The molecule has 2 aromatic rings. The molecule has 0 spiro atoms. The van der Waals surface area contributed by atoms with Gasteiger partial charge in [-0.05, 0) is 50.5 Å². The quantitative estimate of drug-likeness (QED) is 0.837. The largest absolute Gasteiger partial charge is 0.493 e. The lowest BCUT2D eigenvalue weighted by atomic mass is 10.0. The Morgan fingerprint density at radius 1 is 1.20 bits per heavy atom.